The number of rotatable bonds is 1. The van der Waals surface area contributed by atoms with E-state index in [1.807, 2.05) is 24.3 Å². The van der Waals surface area contributed by atoms with Gasteiger partial charge in [-0.2, -0.15) is 0 Å². The average Bonchev–Trinajstić information content (AvgIpc) is 2.75. The molecule has 3 heteroatoms. The normalized spacial score (nSPS) is 15.8. The molecular weight excluding hydrogens is 338 g/mol. The standard InChI is InChI=1S/C19H18BrNO/c1-19(2,3)13-6-4-12(5-7-13)10-16-15-11-14(20)8-9-17(15)21-18(16)22/h4-11H,1-3H3,(H,21,22)/b16-10-. The molecule has 112 valence electrons. The van der Waals surface area contributed by atoms with Crippen molar-refractivity contribution >= 4 is 39.2 Å². The van der Waals surface area contributed by atoms with Crippen LogP contribution in [0.25, 0.3) is 11.6 Å². The molecule has 2 aromatic rings. The topological polar surface area (TPSA) is 29.1 Å². The van der Waals surface area contributed by atoms with E-state index >= 15 is 0 Å². The first-order valence-corrected chi connectivity index (χ1v) is 8.07. The smallest absolute Gasteiger partial charge is 0.256 e. The van der Waals surface area contributed by atoms with Gasteiger partial charge in [0.15, 0.2) is 0 Å². The molecule has 2 aromatic carbocycles. The molecule has 1 heterocycles. The van der Waals surface area contributed by atoms with Crippen LogP contribution >= 0.6 is 15.9 Å². The van der Waals surface area contributed by atoms with Crippen molar-refractivity contribution in [2.45, 2.75) is 26.2 Å². The summed E-state index contributed by atoms with van der Waals surface area (Å²) in [5, 5.41) is 2.90. The van der Waals surface area contributed by atoms with E-state index in [1.165, 1.54) is 5.56 Å². The van der Waals surface area contributed by atoms with Gasteiger partial charge < -0.3 is 5.32 Å². The maximum Gasteiger partial charge on any atom is 0.256 e. The summed E-state index contributed by atoms with van der Waals surface area (Å²) in [6, 6.07) is 14.2. The molecule has 0 atom stereocenters. The first kappa shape index (κ1) is 15.0. The third-order valence-corrected chi connectivity index (χ3v) is 4.35. The fourth-order valence-electron chi connectivity index (χ4n) is 2.55. The number of carbonyl (C=O) groups is 1. The van der Waals surface area contributed by atoms with Crippen LogP contribution in [0.4, 0.5) is 5.69 Å². The highest BCUT2D eigenvalue weighted by atomic mass is 79.9. The number of benzene rings is 2. The van der Waals surface area contributed by atoms with Crippen molar-refractivity contribution in [3.63, 3.8) is 0 Å². The molecule has 0 aliphatic carbocycles. The highest BCUT2D eigenvalue weighted by Crippen LogP contribution is 2.35. The molecule has 0 radical (unpaired) electrons. The van der Waals surface area contributed by atoms with Crippen molar-refractivity contribution in [3.8, 4) is 0 Å². The van der Waals surface area contributed by atoms with E-state index < -0.39 is 0 Å². The SMILES string of the molecule is CC(C)(C)c1ccc(/C=C2\C(=O)Nc3ccc(Br)cc32)cc1. The van der Waals surface area contributed by atoms with Gasteiger partial charge in [0.05, 0.1) is 0 Å². The lowest BCUT2D eigenvalue weighted by atomic mass is 9.86. The van der Waals surface area contributed by atoms with Crippen molar-refractivity contribution in [1.29, 1.82) is 0 Å². The molecule has 22 heavy (non-hydrogen) atoms. The van der Waals surface area contributed by atoms with Gasteiger partial charge in [-0.1, -0.05) is 61.0 Å². The zero-order valence-electron chi connectivity index (χ0n) is 12.9. The van der Waals surface area contributed by atoms with Crippen LogP contribution in [0.5, 0.6) is 0 Å². The van der Waals surface area contributed by atoms with Gasteiger partial charge in [-0.25, -0.2) is 0 Å². The van der Waals surface area contributed by atoms with E-state index in [2.05, 4.69) is 66.3 Å². The number of hydrogen-bond donors (Lipinski definition) is 1. The Labute approximate surface area is 139 Å². The first-order chi connectivity index (χ1) is 10.3. The Bertz CT molecular complexity index is 767. The van der Waals surface area contributed by atoms with E-state index in [-0.39, 0.29) is 11.3 Å². The van der Waals surface area contributed by atoms with Crippen molar-refractivity contribution in [2.75, 3.05) is 5.32 Å². The van der Waals surface area contributed by atoms with Crippen LogP contribution in [0.2, 0.25) is 0 Å². The predicted octanol–water partition coefficient (Wildman–Crippen LogP) is 5.24. The van der Waals surface area contributed by atoms with Crippen LogP contribution in [0, 0.1) is 0 Å². The predicted molar refractivity (Wildman–Crippen MR) is 95.8 cm³/mol. The zero-order chi connectivity index (χ0) is 15.9. The molecule has 0 saturated heterocycles. The second-order valence-corrected chi connectivity index (χ2v) is 7.49. The number of halogens is 1. The van der Waals surface area contributed by atoms with Crippen molar-refractivity contribution in [3.05, 3.63) is 63.6 Å². The third kappa shape index (κ3) is 2.86. The summed E-state index contributed by atoms with van der Waals surface area (Å²) >= 11 is 3.46. The zero-order valence-corrected chi connectivity index (χ0v) is 14.5. The molecule has 0 saturated carbocycles. The highest BCUT2D eigenvalue weighted by molar-refractivity contribution is 9.10. The van der Waals surface area contributed by atoms with Gasteiger partial charge in [0.1, 0.15) is 0 Å². The number of anilines is 1. The third-order valence-electron chi connectivity index (χ3n) is 3.85. The molecule has 0 bridgehead atoms. The van der Waals surface area contributed by atoms with Gasteiger partial charge in [-0.3, -0.25) is 4.79 Å². The van der Waals surface area contributed by atoms with E-state index in [1.54, 1.807) is 0 Å². The Morgan fingerprint density at radius 2 is 1.73 bits per heavy atom. The van der Waals surface area contributed by atoms with Gasteiger partial charge in [0.2, 0.25) is 0 Å². The fourth-order valence-corrected chi connectivity index (χ4v) is 2.91. The summed E-state index contributed by atoms with van der Waals surface area (Å²) in [5.74, 6) is -0.0482. The second-order valence-electron chi connectivity index (χ2n) is 6.57. The molecule has 0 aromatic heterocycles. The maximum absolute atomic E-state index is 12.2. The lowest BCUT2D eigenvalue weighted by molar-refractivity contribution is -0.110. The van der Waals surface area contributed by atoms with Crippen LogP contribution in [-0.2, 0) is 10.2 Å². The average molecular weight is 356 g/mol. The number of nitrogens with one attached hydrogen (secondary N) is 1. The van der Waals surface area contributed by atoms with Crippen LogP contribution < -0.4 is 5.32 Å². The lowest BCUT2D eigenvalue weighted by Gasteiger charge is -2.18. The van der Waals surface area contributed by atoms with E-state index in [9.17, 15) is 4.79 Å². The summed E-state index contributed by atoms with van der Waals surface area (Å²) in [6.07, 6.45) is 1.94. The Morgan fingerprint density at radius 1 is 1.05 bits per heavy atom. The monoisotopic (exact) mass is 355 g/mol. The molecule has 0 spiro atoms. The fraction of sp³-hybridized carbons (Fsp3) is 0.211. The van der Waals surface area contributed by atoms with Gasteiger partial charge in [-0.15, -0.1) is 0 Å². The largest absolute Gasteiger partial charge is 0.321 e. The first-order valence-electron chi connectivity index (χ1n) is 7.28. The van der Waals surface area contributed by atoms with Crippen LogP contribution in [-0.4, -0.2) is 5.91 Å². The molecule has 1 amide bonds. The van der Waals surface area contributed by atoms with Gasteiger partial charge in [0.25, 0.3) is 5.91 Å². The Balaban J connectivity index is 1.99. The minimum absolute atomic E-state index is 0.0482. The molecule has 0 unspecified atom stereocenters. The van der Waals surface area contributed by atoms with Crippen LogP contribution in [0.3, 0.4) is 0 Å². The van der Waals surface area contributed by atoms with E-state index in [0.717, 1.165) is 21.3 Å². The molecule has 1 N–H and O–H groups in total. The quantitative estimate of drug-likeness (QED) is 0.696. The Hall–Kier alpha value is -1.87. The van der Waals surface area contributed by atoms with Crippen molar-refractivity contribution < 1.29 is 4.79 Å². The second kappa shape index (κ2) is 5.40. The Morgan fingerprint density at radius 3 is 2.36 bits per heavy atom. The summed E-state index contributed by atoms with van der Waals surface area (Å²) in [4.78, 5) is 12.2. The molecule has 2 nitrogen and oxygen atoms in total. The summed E-state index contributed by atoms with van der Waals surface area (Å²) in [5.41, 5.74) is 4.97. The van der Waals surface area contributed by atoms with E-state index in [0.29, 0.717) is 5.57 Å². The lowest BCUT2D eigenvalue weighted by Crippen LogP contribution is -2.10. The van der Waals surface area contributed by atoms with Gasteiger partial charge in [-0.05, 0) is 40.8 Å². The number of carbonyl (C=O) groups excluding carboxylic acids is 1. The summed E-state index contributed by atoms with van der Waals surface area (Å²) in [6.45, 7) is 6.58. The summed E-state index contributed by atoms with van der Waals surface area (Å²) in [7, 11) is 0. The number of hydrogen-bond acceptors (Lipinski definition) is 1. The molecule has 1 aliphatic heterocycles. The van der Waals surface area contributed by atoms with Crippen LogP contribution in [0.15, 0.2) is 46.9 Å². The van der Waals surface area contributed by atoms with E-state index in [4.69, 9.17) is 0 Å². The van der Waals surface area contributed by atoms with Crippen LogP contribution in [0.1, 0.15) is 37.5 Å². The van der Waals surface area contributed by atoms with Crippen molar-refractivity contribution in [1.82, 2.24) is 0 Å². The number of fused-ring (bicyclic) bond motifs is 1. The van der Waals surface area contributed by atoms with Crippen molar-refractivity contribution in [2.24, 2.45) is 0 Å². The minimum atomic E-state index is -0.0482. The molecular formula is C19H18BrNO. The minimum Gasteiger partial charge on any atom is -0.321 e. The van der Waals surface area contributed by atoms with Gasteiger partial charge >= 0.3 is 0 Å². The van der Waals surface area contributed by atoms with Gasteiger partial charge in [0, 0.05) is 21.3 Å². The summed E-state index contributed by atoms with van der Waals surface area (Å²) < 4.78 is 0.969. The Kier molecular flexibility index (Phi) is 3.69. The maximum atomic E-state index is 12.2. The number of amides is 1. The highest BCUT2D eigenvalue weighted by Gasteiger charge is 2.24. The molecule has 3 rings (SSSR count). The molecule has 1 aliphatic rings. The molecule has 0 fully saturated rings.